The number of hydrogen-bond acceptors (Lipinski definition) is 3. The van der Waals surface area contributed by atoms with E-state index in [0.717, 1.165) is 4.48 Å². The highest BCUT2D eigenvalue weighted by molar-refractivity contribution is 6.32. The van der Waals surface area contributed by atoms with Gasteiger partial charge in [0.25, 0.3) is 0 Å². The summed E-state index contributed by atoms with van der Waals surface area (Å²) in [7, 11) is 6.33. The minimum atomic E-state index is -2.17. The Morgan fingerprint density at radius 1 is 0.714 bits per heavy atom. The van der Waals surface area contributed by atoms with Crippen LogP contribution in [0.1, 0.15) is 36.0 Å². The van der Waals surface area contributed by atoms with Gasteiger partial charge in [0.15, 0.2) is 0 Å². The van der Waals surface area contributed by atoms with Gasteiger partial charge in [-0.05, 0) is 72.4 Å². The van der Waals surface area contributed by atoms with Gasteiger partial charge < -0.3 is 19.2 Å². The number of halogens is 3. The van der Waals surface area contributed by atoms with E-state index in [1.54, 1.807) is 18.2 Å². The first-order valence-electron chi connectivity index (χ1n) is 11.5. The molecule has 1 atom stereocenters. The van der Waals surface area contributed by atoms with Gasteiger partial charge in [0.1, 0.15) is 17.5 Å². The highest BCUT2D eigenvalue weighted by Gasteiger charge is 2.60. The Labute approximate surface area is 205 Å². The van der Waals surface area contributed by atoms with Crippen LogP contribution in [0.15, 0.2) is 72.8 Å². The van der Waals surface area contributed by atoms with Gasteiger partial charge in [0, 0.05) is 0 Å². The Morgan fingerprint density at radius 3 is 1.51 bits per heavy atom. The second-order valence-corrected chi connectivity index (χ2v) is 10.2. The maximum absolute atomic E-state index is 14.3. The van der Waals surface area contributed by atoms with Crippen LogP contribution in [-0.4, -0.2) is 50.0 Å². The third-order valence-electron chi connectivity index (χ3n) is 6.00. The Balaban J connectivity index is 0.000000623. The number of nitrogens with zero attached hydrogens (tertiary/aromatic N) is 1. The molecule has 1 unspecified atom stereocenters. The number of quaternary nitrogens is 1. The zero-order valence-electron chi connectivity index (χ0n) is 20.5. The van der Waals surface area contributed by atoms with Gasteiger partial charge in [-0.1, -0.05) is 36.4 Å². The Morgan fingerprint density at radius 2 is 1.11 bits per heavy atom. The van der Waals surface area contributed by atoms with Crippen molar-refractivity contribution in [3.63, 3.8) is 0 Å². The molecule has 4 nitrogen and oxygen atoms in total. The summed E-state index contributed by atoms with van der Waals surface area (Å²) in [5.74, 6) is -1.51. The van der Waals surface area contributed by atoms with Crippen molar-refractivity contribution in [2.75, 3.05) is 28.2 Å². The van der Waals surface area contributed by atoms with Crippen LogP contribution in [0.2, 0.25) is 0 Å². The number of benzene rings is 3. The first kappa shape index (κ1) is 27.0. The minimum Gasteiger partial charge on any atom is -0.402 e. The van der Waals surface area contributed by atoms with E-state index >= 15 is 0 Å². The summed E-state index contributed by atoms with van der Waals surface area (Å²) < 4.78 is 49.5. The van der Waals surface area contributed by atoms with Gasteiger partial charge in [-0.25, -0.2) is 13.2 Å². The summed E-state index contributed by atoms with van der Waals surface area (Å²) in [6.45, 7) is 0. The second kappa shape index (κ2) is 10.5. The van der Waals surface area contributed by atoms with Gasteiger partial charge in [0.2, 0.25) is 0 Å². The molecule has 0 amide bonds. The standard InChI is InChI=1S/C23H20BF3O3.C4H12N/c25-19-8-1-5-16(13-19)22(17-6-2-9-20(26)14-17)11-4-12-23(22,30-24(28)29)18-7-3-10-21(27)15-18;1-5(2,3)4/h1-3,5-10,13-15,28-29H,4,11-12H2;1-4H3/q;+1. The molecule has 4 rings (SSSR count). The maximum atomic E-state index is 14.3. The van der Waals surface area contributed by atoms with Crippen LogP contribution in [0.4, 0.5) is 13.2 Å². The molecule has 0 radical (unpaired) electrons. The van der Waals surface area contributed by atoms with Gasteiger partial charge in [-0.3, -0.25) is 0 Å². The van der Waals surface area contributed by atoms with Crippen LogP contribution in [0.25, 0.3) is 0 Å². The van der Waals surface area contributed by atoms with Crippen LogP contribution < -0.4 is 0 Å². The summed E-state index contributed by atoms with van der Waals surface area (Å²) >= 11 is 0. The van der Waals surface area contributed by atoms with Crippen LogP contribution in [-0.2, 0) is 15.7 Å². The molecule has 1 fully saturated rings. The zero-order valence-corrected chi connectivity index (χ0v) is 20.5. The summed E-state index contributed by atoms with van der Waals surface area (Å²) in [4.78, 5) is 0. The molecule has 1 saturated carbocycles. The van der Waals surface area contributed by atoms with Gasteiger partial charge in [-0.15, -0.1) is 0 Å². The molecule has 0 saturated heterocycles. The van der Waals surface area contributed by atoms with E-state index in [-0.39, 0.29) is 0 Å². The highest BCUT2D eigenvalue weighted by atomic mass is 19.1. The molecule has 3 aromatic rings. The lowest BCUT2D eigenvalue weighted by atomic mass is 9.62. The van der Waals surface area contributed by atoms with Crippen LogP contribution >= 0.6 is 0 Å². The summed E-state index contributed by atoms with van der Waals surface area (Å²) in [5, 5.41) is 19.7. The number of rotatable bonds is 5. The third-order valence-corrected chi connectivity index (χ3v) is 6.00. The molecule has 8 heteroatoms. The first-order chi connectivity index (χ1) is 16.4. The van der Waals surface area contributed by atoms with Crippen molar-refractivity contribution in [3.8, 4) is 0 Å². The van der Waals surface area contributed by atoms with Crippen molar-refractivity contribution in [3.05, 3.63) is 107 Å². The molecular formula is C27H32BF3NO3+. The predicted molar refractivity (Wildman–Crippen MR) is 131 cm³/mol. The topological polar surface area (TPSA) is 49.7 Å². The molecule has 186 valence electrons. The first-order valence-corrected chi connectivity index (χ1v) is 11.5. The van der Waals surface area contributed by atoms with E-state index < -0.39 is 35.8 Å². The van der Waals surface area contributed by atoms with Gasteiger partial charge in [-0.2, -0.15) is 0 Å². The molecule has 3 aromatic carbocycles. The fraction of sp³-hybridized carbons (Fsp3) is 0.333. The molecule has 0 bridgehead atoms. The van der Waals surface area contributed by atoms with E-state index in [0.29, 0.717) is 36.0 Å². The normalized spacial score (nSPS) is 19.1. The van der Waals surface area contributed by atoms with Gasteiger partial charge in [0.05, 0.1) is 39.2 Å². The van der Waals surface area contributed by atoms with E-state index in [2.05, 4.69) is 28.2 Å². The lowest BCUT2D eigenvalue weighted by Gasteiger charge is -2.47. The van der Waals surface area contributed by atoms with Crippen LogP contribution in [0, 0.1) is 17.5 Å². The van der Waals surface area contributed by atoms with E-state index in [1.165, 1.54) is 54.6 Å². The lowest BCUT2D eigenvalue weighted by molar-refractivity contribution is -0.849. The maximum Gasteiger partial charge on any atom is 0.634 e. The summed E-state index contributed by atoms with van der Waals surface area (Å²) in [6.07, 6.45) is 1.25. The third kappa shape index (κ3) is 5.96. The molecule has 0 aliphatic heterocycles. The molecule has 1 aliphatic carbocycles. The molecule has 1 aliphatic rings. The predicted octanol–water partition coefficient (Wildman–Crippen LogP) is 4.78. The fourth-order valence-corrected chi connectivity index (χ4v) is 4.99. The molecular weight excluding hydrogens is 454 g/mol. The molecule has 0 aromatic heterocycles. The monoisotopic (exact) mass is 486 g/mol. The summed E-state index contributed by atoms with van der Waals surface area (Å²) in [6, 6.07) is 17.4. The quantitative estimate of drug-likeness (QED) is 0.403. The van der Waals surface area contributed by atoms with Crippen molar-refractivity contribution in [1.29, 1.82) is 0 Å². The Bertz CT molecular complexity index is 1100. The molecule has 0 spiro atoms. The smallest absolute Gasteiger partial charge is 0.402 e. The van der Waals surface area contributed by atoms with E-state index in [4.69, 9.17) is 4.65 Å². The van der Waals surface area contributed by atoms with Crippen molar-refractivity contribution in [1.82, 2.24) is 0 Å². The largest absolute Gasteiger partial charge is 0.634 e. The average Bonchev–Trinajstić information content (AvgIpc) is 3.13. The fourth-order valence-electron chi connectivity index (χ4n) is 4.99. The molecule has 2 N–H and O–H groups in total. The SMILES string of the molecule is C[N+](C)(C)C.OB(O)OC1(c2cccc(F)c2)CCCC1(c1cccc(F)c1)c1cccc(F)c1. The zero-order chi connectivity index (χ0) is 25.9. The van der Waals surface area contributed by atoms with Crippen LogP contribution in [0.3, 0.4) is 0 Å². The highest BCUT2D eigenvalue weighted by Crippen LogP contribution is 2.60. The van der Waals surface area contributed by atoms with E-state index in [1.807, 2.05) is 0 Å². The van der Waals surface area contributed by atoms with Crippen LogP contribution in [0.5, 0.6) is 0 Å². The Kier molecular flexibility index (Phi) is 8.12. The number of hydrogen-bond donors (Lipinski definition) is 2. The van der Waals surface area contributed by atoms with Gasteiger partial charge >= 0.3 is 7.32 Å². The van der Waals surface area contributed by atoms with E-state index in [9.17, 15) is 23.2 Å². The second-order valence-electron chi connectivity index (χ2n) is 10.2. The average molecular weight is 486 g/mol. The minimum absolute atomic E-state index is 0.293. The molecule has 0 heterocycles. The van der Waals surface area contributed by atoms with Crippen molar-refractivity contribution >= 4 is 7.32 Å². The Hall–Kier alpha value is -2.65. The van der Waals surface area contributed by atoms with Crippen molar-refractivity contribution in [2.45, 2.75) is 30.3 Å². The lowest BCUT2D eigenvalue weighted by Crippen LogP contribution is -2.51. The summed E-state index contributed by atoms with van der Waals surface area (Å²) in [5.41, 5.74) is -1.33. The molecule has 35 heavy (non-hydrogen) atoms. The van der Waals surface area contributed by atoms with Crippen molar-refractivity contribution in [2.24, 2.45) is 0 Å². The van der Waals surface area contributed by atoms with Crippen molar-refractivity contribution < 1.29 is 32.4 Å².